The fourth-order valence-corrected chi connectivity index (χ4v) is 2.15. The smallest absolute Gasteiger partial charge is 0.0262 e. The van der Waals surface area contributed by atoms with Gasteiger partial charge in [-0.05, 0) is 23.1 Å². The van der Waals surface area contributed by atoms with Crippen LogP contribution in [0.3, 0.4) is 0 Å². The van der Waals surface area contributed by atoms with E-state index in [0.29, 0.717) is 0 Å². The molecule has 0 nitrogen and oxygen atoms in total. The summed E-state index contributed by atoms with van der Waals surface area (Å²) in [6.45, 7) is 2.15. The maximum atomic E-state index is 6.12. The van der Waals surface area contributed by atoms with E-state index in [1.807, 2.05) is 0 Å². The minimum Gasteiger partial charge on any atom is -0.0885 e. The minimum atomic E-state index is 0.931. The van der Waals surface area contributed by atoms with Crippen molar-refractivity contribution < 1.29 is 0 Å². The molecule has 0 radical (unpaired) electrons. The lowest BCUT2D eigenvalue weighted by Crippen LogP contribution is -1.81. The van der Waals surface area contributed by atoms with Crippen molar-refractivity contribution in [2.24, 2.45) is 0 Å². The van der Waals surface area contributed by atoms with Crippen molar-refractivity contribution in [3.05, 3.63) is 40.4 Å². The predicted octanol–water partition coefficient (Wildman–Crippen LogP) is 3.60. The number of fused-ring (bicyclic) bond motifs is 1. The third-order valence-corrected chi connectivity index (χ3v) is 2.73. The van der Waals surface area contributed by atoms with Crippen molar-refractivity contribution in [3.8, 4) is 0 Å². The van der Waals surface area contributed by atoms with Crippen LogP contribution in [0.15, 0.2) is 29.3 Å². The van der Waals surface area contributed by atoms with Gasteiger partial charge in [-0.1, -0.05) is 42.8 Å². The van der Waals surface area contributed by atoms with Crippen LogP contribution in [-0.4, -0.2) is 0 Å². The van der Waals surface area contributed by atoms with Gasteiger partial charge in [0.1, 0.15) is 0 Å². The summed E-state index contributed by atoms with van der Waals surface area (Å²) in [5, 5.41) is 1.03. The first-order chi connectivity index (χ1) is 5.83. The Morgan fingerprint density at radius 1 is 1.33 bits per heavy atom. The van der Waals surface area contributed by atoms with E-state index in [1.165, 1.54) is 16.7 Å². The topological polar surface area (TPSA) is 0 Å². The molecular weight excluding hydrogens is 168 g/mol. The molecular formula is C11H11Cl. The van der Waals surface area contributed by atoms with Crippen LogP contribution in [-0.2, 0) is 6.42 Å². The molecule has 1 aromatic carbocycles. The van der Waals surface area contributed by atoms with E-state index in [9.17, 15) is 0 Å². The molecule has 0 fully saturated rings. The molecule has 2 rings (SSSR count). The first-order valence-electron chi connectivity index (χ1n) is 4.28. The maximum Gasteiger partial charge on any atom is 0.0262 e. The first kappa shape index (κ1) is 7.88. The molecule has 1 aromatic rings. The Kier molecular flexibility index (Phi) is 1.93. The van der Waals surface area contributed by atoms with Gasteiger partial charge in [0.05, 0.1) is 0 Å². The minimum absolute atomic E-state index is 0.931. The van der Waals surface area contributed by atoms with Crippen LogP contribution in [0.4, 0.5) is 0 Å². The fourth-order valence-electron chi connectivity index (χ4n) is 1.77. The predicted molar refractivity (Wildman–Crippen MR) is 53.2 cm³/mol. The summed E-state index contributed by atoms with van der Waals surface area (Å²) >= 11 is 6.12. The number of rotatable bonds is 1. The van der Waals surface area contributed by atoms with Crippen molar-refractivity contribution in [2.75, 3.05) is 0 Å². The summed E-state index contributed by atoms with van der Waals surface area (Å²) in [5.41, 5.74) is 4.05. The summed E-state index contributed by atoms with van der Waals surface area (Å²) in [6.07, 6.45) is 1.97. The SMILES string of the molecule is CCC1=C(Cl)Cc2ccccc21. The summed E-state index contributed by atoms with van der Waals surface area (Å²) < 4.78 is 0. The molecule has 0 saturated carbocycles. The molecule has 0 amide bonds. The van der Waals surface area contributed by atoms with Crippen LogP contribution in [0.1, 0.15) is 24.5 Å². The maximum absolute atomic E-state index is 6.12. The molecule has 0 heterocycles. The Morgan fingerprint density at radius 3 is 2.83 bits per heavy atom. The van der Waals surface area contributed by atoms with Crippen molar-refractivity contribution >= 4 is 17.2 Å². The highest BCUT2D eigenvalue weighted by Crippen LogP contribution is 2.36. The van der Waals surface area contributed by atoms with Crippen LogP contribution >= 0.6 is 11.6 Å². The Morgan fingerprint density at radius 2 is 2.08 bits per heavy atom. The highest BCUT2D eigenvalue weighted by Gasteiger charge is 2.17. The quantitative estimate of drug-likeness (QED) is 0.617. The zero-order valence-corrected chi connectivity index (χ0v) is 7.86. The van der Waals surface area contributed by atoms with E-state index >= 15 is 0 Å². The van der Waals surface area contributed by atoms with Crippen molar-refractivity contribution in [2.45, 2.75) is 19.8 Å². The third kappa shape index (κ3) is 1.07. The van der Waals surface area contributed by atoms with Crippen molar-refractivity contribution in [3.63, 3.8) is 0 Å². The van der Waals surface area contributed by atoms with E-state index in [2.05, 4.69) is 31.2 Å². The van der Waals surface area contributed by atoms with Gasteiger partial charge in [0, 0.05) is 11.5 Å². The van der Waals surface area contributed by atoms with Crippen molar-refractivity contribution in [1.82, 2.24) is 0 Å². The fraction of sp³-hybridized carbons (Fsp3) is 0.273. The zero-order valence-electron chi connectivity index (χ0n) is 7.10. The van der Waals surface area contributed by atoms with Crippen LogP contribution in [0.2, 0.25) is 0 Å². The number of hydrogen-bond donors (Lipinski definition) is 0. The molecule has 1 aliphatic rings. The molecule has 12 heavy (non-hydrogen) atoms. The van der Waals surface area contributed by atoms with Crippen molar-refractivity contribution in [1.29, 1.82) is 0 Å². The number of hydrogen-bond acceptors (Lipinski definition) is 0. The normalized spacial score (nSPS) is 15.2. The molecule has 1 aliphatic carbocycles. The van der Waals surface area contributed by atoms with Gasteiger partial charge in [-0.2, -0.15) is 0 Å². The van der Waals surface area contributed by atoms with Gasteiger partial charge in [-0.15, -0.1) is 0 Å². The van der Waals surface area contributed by atoms with E-state index in [-0.39, 0.29) is 0 Å². The Bertz CT molecular complexity index is 337. The van der Waals surface area contributed by atoms with E-state index in [1.54, 1.807) is 0 Å². The van der Waals surface area contributed by atoms with Gasteiger partial charge in [0.25, 0.3) is 0 Å². The Balaban J connectivity index is 2.53. The van der Waals surface area contributed by atoms with E-state index in [0.717, 1.165) is 17.9 Å². The highest BCUT2D eigenvalue weighted by molar-refractivity contribution is 6.33. The van der Waals surface area contributed by atoms with Crippen LogP contribution in [0.25, 0.3) is 5.57 Å². The van der Waals surface area contributed by atoms with Gasteiger partial charge in [-0.3, -0.25) is 0 Å². The molecule has 62 valence electrons. The first-order valence-corrected chi connectivity index (χ1v) is 4.66. The molecule has 0 spiro atoms. The Hall–Kier alpha value is -0.750. The molecule has 0 aliphatic heterocycles. The summed E-state index contributed by atoms with van der Waals surface area (Å²) in [6, 6.07) is 8.45. The lowest BCUT2D eigenvalue weighted by Gasteiger charge is -2.00. The highest BCUT2D eigenvalue weighted by atomic mass is 35.5. The second-order valence-corrected chi connectivity index (χ2v) is 3.53. The van der Waals surface area contributed by atoms with Gasteiger partial charge < -0.3 is 0 Å². The van der Waals surface area contributed by atoms with Gasteiger partial charge in [0.15, 0.2) is 0 Å². The molecule has 0 N–H and O–H groups in total. The zero-order chi connectivity index (χ0) is 8.55. The average molecular weight is 179 g/mol. The number of allylic oxidation sites excluding steroid dienone is 2. The lowest BCUT2D eigenvalue weighted by molar-refractivity contribution is 1.24. The second-order valence-electron chi connectivity index (χ2n) is 3.07. The average Bonchev–Trinajstić information content (AvgIpc) is 2.40. The van der Waals surface area contributed by atoms with E-state index in [4.69, 9.17) is 11.6 Å². The third-order valence-electron chi connectivity index (χ3n) is 2.37. The summed E-state index contributed by atoms with van der Waals surface area (Å²) in [4.78, 5) is 0. The number of halogens is 1. The van der Waals surface area contributed by atoms with Gasteiger partial charge in [-0.25, -0.2) is 0 Å². The van der Waals surface area contributed by atoms with Gasteiger partial charge >= 0.3 is 0 Å². The summed E-state index contributed by atoms with van der Waals surface area (Å²) in [5.74, 6) is 0. The molecule has 0 bridgehead atoms. The molecule has 1 heteroatoms. The molecule has 0 unspecified atom stereocenters. The van der Waals surface area contributed by atoms with E-state index < -0.39 is 0 Å². The number of benzene rings is 1. The largest absolute Gasteiger partial charge is 0.0885 e. The monoisotopic (exact) mass is 178 g/mol. The Labute approximate surface area is 77.9 Å². The van der Waals surface area contributed by atoms with Crippen LogP contribution in [0.5, 0.6) is 0 Å². The van der Waals surface area contributed by atoms with Gasteiger partial charge in [0.2, 0.25) is 0 Å². The molecule has 0 atom stereocenters. The summed E-state index contributed by atoms with van der Waals surface area (Å²) in [7, 11) is 0. The standard InChI is InChI=1S/C11H11Cl/c1-2-9-10-6-4-3-5-8(10)7-11(9)12/h3-6H,2,7H2,1H3. The van der Waals surface area contributed by atoms with Crippen LogP contribution in [0, 0.1) is 0 Å². The molecule has 0 aromatic heterocycles. The lowest BCUT2D eigenvalue weighted by atomic mass is 10.0. The second kappa shape index (κ2) is 2.95. The molecule has 0 saturated heterocycles. The van der Waals surface area contributed by atoms with Crippen LogP contribution < -0.4 is 0 Å².